The lowest BCUT2D eigenvalue weighted by atomic mass is 10.1. The molecule has 0 atom stereocenters. The topological polar surface area (TPSA) is 147 Å². The van der Waals surface area contributed by atoms with Crippen molar-refractivity contribution in [3.05, 3.63) is 165 Å². The van der Waals surface area contributed by atoms with E-state index in [1.165, 1.54) is 6.07 Å². The molecule has 0 bridgehead atoms. The van der Waals surface area contributed by atoms with Crippen molar-refractivity contribution in [1.82, 2.24) is 15.0 Å². The maximum atomic E-state index is 13.6. The number of para-hydroxylation sites is 1. The van der Waals surface area contributed by atoms with Gasteiger partial charge >= 0.3 is 0 Å². The molecule has 0 radical (unpaired) electrons. The largest absolute Gasteiger partial charge is 0.497 e. The Morgan fingerprint density at radius 1 is 0.600 bits per heavy atom. The van der Waals surface area contributed by atoms with Crippen LogP contribution in [0.3, 0.4) is 0 Å². The molecular weight excluding hydrogens is 767 g/mol. The van der Waals surface area contributed by atoms with E-state index >= 15 is 0 Å². The van der Waals surface area contributed by atoms with Crippen LogP contribution in [0.1, 0.15) is 11.3 Å². The molecule has 0 saturated carbocycles. The third-order valence-electron chi connectivity index (χ3n) is 9.44. The van der Waals surface area contributed by atoms with Crippen molar-refractivity contribution in [3.8, 4) is 45.6 Å². The van der Waals surface area contributed by atoms with Gasteiger partial charge in [0, 0.05) is 23.3 Å². The van der Waals surface area contributed by atoms with Gasteiger partial charge in [-0.15, -0.1) is 5.10 Å². The Bertz CT molecular complexity index is 2800. The van der Waals surface area contributed by atoms with Crippen LogP contribution in [0.25, 0.3) is 44.6 Å². The molecule has 0 unspecified atom stereocenters. The second-order valence-corrected chi connectivity index (χ2v) is 13.6. The number of methoxy groups -OCH3 is 1. The van der Waals surface area contributed by atoms with Crippen molar-refractivity contribution in [2.24, 2.45) is 0 Å². The molecule has 13 heteroatoms. The van der Waals surface area contributed by atoms with E-state index in [-0.39, 0.29) is 29.8 Å². The van der Waals surface area contributed by atoms with Gasteiger partial charge in [-0.25, -0.2) is 4.68 Å². The third kappa shape index (κ3) is 9.72. The number of hydrogen-bond acceptors (Lipinski definition) is 12. The summed E-state index contributed by atoms with van der Waals surface area (Å²) in [6.45, 7) is 2.68. The van der Waals surface area contributed by atoms with Crippen molar-refractivity contribution in [2.75, 3.05) is 40.1 Å². The van der Waals surface area contributed by atoms with E-state index in [4.69, 9.17) is 37.3 Å². The van der Waals surface area contributed by atoms with E-state index in [2.05, 4.69) is 10.3 Å². The minimum absolute atomic E-state index is 0.113. The molecule has 0 fully saturated rings. The Balaban J connectivity index is 0.757. The normalized spacial score (nSPS) is 11.2. The average Bonchev–Trinajstić information content (AvgIpc) is 3.75. The highest BCUT2D eigenvalue weighted by molar-refractivity contribution is 5.82. The first-order valence-corrected chi connectivity index (χ1v) is 19.4. The summed E-state index contributed by atoms with van der Waals surface area (Å²) in [6.07, 6.45) is 1.81. The quantitative estimate of drug-likeness (QED) is 0.0728. The van der Waals surface area contributed by atoms with Crippen LogP contribution in [0, 0.1) is 0 Å². The molecule has 304 valence electrons. The fraction of sp³-hybridized carbons (Fsp3) is 0.191. The van der Waals surface area contributed by atoms with E-state index in [9.17, 15) is 9.59 Å². The number of hydrogen-bond donors (Lipinski definition) is 0. The first-order chi connectivity index (χ1) is 29.5. The second-order valence-electron chi connectivity index (χ2n) is 13.6. The molecule has 0 spiro atoms. The Morgan fingerprint density at radius 2 is 1.38 bits per heavy atom. The summed E-state index contributed by atoms with van der Waals surface area (Å²) in [5.74, 6) is 2.88. The molecule has 8 rings (SSSR count). The molecule has 0 aliphatic heterocycles. The van der Waals surface area contributed by atoms with E-state index in [1.807, 2.05) is 91.1 Å². The van der Waals surface area contributed by atoms with Gasteiger partial charge < -0.3 is 37.3 Å². The van der Waals surface area contributed by atoms with Crippen LogP contribution in [0.2, 0.25) is 0 Å². The second kappa shape index (κ2) is 19.0. The van der Waals surface area contributed by atoms with Gasteiger partial charge in [0.25, 0.3) is 0 Å². The molecule has 0 N–H and O–H groups in total. The summed E-state index contributed by atoms with van der Waals surface area (Å²) in [5.41, 5.74) is 3.59. The Kier molecular flexibility index (Phi) is 12.6. The van der Waals surface area contributed by atoms with E-state index in [1.54, 1.807) is 48.2 Å². The number of aromatic nitrogens is 3. The SMILES string of the molecule is COc1cccc(COc2c(-c3ccc(OCCOCCn4cc(COCCOc5ccc6c(=O)cc(-c7ccccc7)oc6c5)nn4)cc3)oc3ccccc3c2=O)c1. The standard InChI is InChI=1S/C47H41N3O10/c1-53-37-11-7-8-32(26-37)30-58-47-45(52)40-12-5-6-13-42(40)60-46(47)34-14-16-36(17-15-34)56-24-22-54-21-20-50-29-35(48-49-50)31-55-23-25-57-38-18-19-39-41(51)28-43(59-44(39)27-38)33-9-3-2-4-10-33/h2-19,26-29H,20-25,30-31H2,1H3. The first kappa shape index (κ1) is 39.6. The molecular formula is C47H41N3O10. The van der Waals surface area contributed by atoms with Crippen molar-refractivity contribution < 1.29 is 37.3 Å². The Morgan fingerprint density at radius 3 is 2.23 bits per heavy atom. The molecule has 3 heterocycles. The van der Waals surface area contributed by atoms with Crippen LogP contribution < -0.4 is 29.8 Å². The number of benzene rings is 5. The van der Waals surface area contributed by atoms with Crippen molar-refractivity contribution >= 4 is 21.9 Å². The van der Waals surface area contributed by atoms with E-state index in [0.717, 1.165) is 11.1 Å². The molecule has 0 aliphatic carbocycles. The summed E-state index contributed by atoms with van der Waals surface area (Å²) in [7, 11) is 1.60. The molecule has 3 aromatic heterocycles. The van der Waals surface area contributed by atoms with E-state index in [0.29, 0.717) is 102 Å². The molecule has 0 amide bonds. The number of nitrogens with zero attached hydrogens (tertiary/aromatic N) is 3. The van der Waals surface area contributed by atoms with Crippen LogP contribution in [-0.2, 0) is 29.2 Å². The average molecular weight is 808 g/mol. The fourth-order valence-electron chi connectivity index (χ4n) is 6.42. The fourth-order valence-corrected chi connectivity index (χ4v) is 6.42. The zero-order valence-corrected chi connectivity index (χ0v) is 32.8. The highest BCUT2D eigenvalue weighted by atomic mass is 16.5. The van der Waals surface area contributed by atoms with Crippen LogP contribution in [0.4, 0.5) is 0 Å². The minimum Gasteiger partial charge on any atom is -0.497 e. The van der Waals surface area contributed by atoms with Gasteiger partial charge in [0.05, 0.1) is 57.1 Å². The summed E-state index contributed by atoms with van der Waals surface area (Å²) in [4.78, 5) is 26.2. The molecule has 0 saturated heterocycles. The summed E-state index contributed by atoms with van der Waals surface area (Å²) in [6, 6.07) is 38.0. The van der Waals surface area contributed by atoms with Crippen LogP contribution in [0.5, 0.6) is 23.0 Å². The zero-order chi connectivity index (χ0) is 41.1. The van der Waals surface area contributed by atoms with Crippen LogP contribution >= 0.6 is 0 Å². The highest BCUT2D eigenvalue weighted by Gasteiger charge is 2.18. The predicted molar refractivity (Wildman–Crippen MR) is 225 cm³/mol. The van der Waals surface area contributed by atoms with Gasteiger partial charge in [0.15, 0.2) is 11.2 Å². The number of ether oxygens (including phenoxy) is 6. The summed E-state index contributed by atoms with van der Waals surface area (Å²) >= 11 is 0. The monoisotopic (exact) mass is 807 g/mol. The van der Waals surface area contributed by atoms with Gasteiger partial charge in [-0.2, -0.15) is 0 Å². The van der Waals surface area contributed by atoms with E-state index < -0.39 is 0 Å². The van der Waals surface area contributed by atoms with Gasteiger partial charge in [-0.1, -0.05) is 59.8 Å². The molecule has 60 heavy (non-hydrogen) atoms. The molecule has 5 aromatic carbocycles. The van der Waals surface area contributed by atoms with Gasteiger partial charge in [-0.3, -0.25) is 9.59 Å². The Labute approximate surface area is 344 Å². The lowest BCUT2D eigenvalue weighted by molar-refractivity contribution is 0.0867. The first-order valence-electron chi connectivity index (χ1n) is 19.4. The maximum Gasteiger partial charge on any atom is 0.235 e. The third-order valence-corrected chi connectivity index (χ3v) is 9.44. The van der Waals surface area contributed by atoms with Crippen molar-refractivity contribution in [2.45, 2.75) is 19.8 Å². The Hall–Kier alpha value is -7.22. The maximum absolute atomic E-state index is 13.6. The smallest absolute Gasteiger partial charge is 0.235 e. The molecule has 0 aliphatic rings. The van der Waals surface area contributed by atoms with Crippen LogP contribution in [0.15, 0.2) is 152 Å². The van der Waals surface area contributed by atoms with Crippen molar-refractivity contribution in [3.63, 3.8) is 0 Å². The molecule has 13 nitrogen and oxygen atoms in total. The summed E-state index contributed by atoms with van der Waals surface area (Å²) < 4.78 is 48.6. The lowest BCUT2D eigenvalue weighted by Gasteiger charge is -2.13. The predicted octanol–water partition coefficient (Wildman–Crippen LogP) is 8.10. The number of rotatable bonds is 19. The minimum atomic E-state index is -0.250. The zero-order valence-electron chi connectivity index (χ0n) is 32.8. The number of fused-ring (bicyclic) bond motifs is 2. The molecule has 8 aromatic rings. The van der Waals surface area contributed by atoms with Gasteiger partial charge in [0.1, 0.15) is 59.7 Å². The van der Waals surface area contributed by atoms with Crippen LogP contribution in [-0.4, -0.2) is 55.1 Å². The highest BCUT2D eigenvalue weighted by Crippen LogP contribution is 2.33. The summed E-state index contributed by atoms with van der Waals surface area (Å²) in [5, 5.41) is 9.26. The lowest BCUT2D eigenvalue weighted by Crippen LogP contribution is -2.12. The van der Waals surface area contributed by atoms with Crippen molar-refractivity contribution in [1.29, 1.82) is 0 Å². The van der Waals surface area contributed by atoms with Gasteiger partial charge in [-0.05, 0) is 66.2 Å². The van der Waals surface area contributed by atoms with Gasteiger partial charge in [0.2, 0.25) is 11.2 Å².